The van der Waals surface area contributed by atoms with Crippen LogP contribution in [0.3, 0.4) is 0 Å². The molecule has 2 aromatic carbocycles. The fraction of sp³-hybridized carbons (Fsp3) is 0.148. The number of hydrogen-bond donors (Lipinski definition) is 2. The minimum Gasteiger partial charge on any atom is -0.434 e. The summed E-state index contributed by atoms with van der Waals surface area (Å²) in [4.78, 5) is 24.2. The number of anilines is 1. The van der Waals surface area contributed by atoms with E-state index in [1.54, 1.807) is 18.5 Å². The highest BCUT2D eigenvalue weighted by Gasteiger charge is 2.23. The summed E-state index contributed by atoms with van der Waals surface area (Å²) in [6.07, 6.45) is 6.24. The lowest BCUT2D eigenvalue weighted by Crippen LogP contribution is -2.19. The average Bonchev–Trinajstić information content (AvgIpc) is 3.29. The number of nitrogens with zero attached hydrogens (tertiary/aromatic N) is 3. The largest absolute Gasteiger partial charge is 0.434 e. The Bertz CT molecular complexity index is 1430. The van der Waals surface area contributed by atoms with E-state index in [4.69, 9.17) is 21.3 Å². The summed E-state index contributed by atoms with van der Waals surface area (Å²) < 4.78 is 31.1. The molecule has 3 aromatic rings. The first-order chi connectivity index (χ1) is 18.2. The second kappa shape index (κ2) is 12.1. The standard InChI is InChI=1S/C27H24ClF2N5O2S/c1-4-19(23-31-12-5-13-32-23)24(36)34-26-22(20-14-18(28)10-11-21(20)37-27(29)30)33-25(38-26)17-8-6-16(7-9-17)15-35(2)3/h4-14,27,31H,1,15H2,2-3H3,(H,34,36)/b23-19-. The number of aliphatic imine (C=N–C) groups is 1. The highest BCUT2D eigenvalue weighted by molar-refractivity contribution is 7.19. The number of ether oxygens (including phenoxy) is 1. The van der Waals surface area contributed by atoms with E-state index >= 15 is 0 Å². The summed E-state index contributed by atoms with van der Waals surface area (Å²) in [5, 5.41) is 6.93. The summed E-state index contributed by atoms with van der Waals surface area (Å²) >= 11 is 7.40. The van der Waals surface area contributed by atoms with Crippen LogP contribution in [-0.4, -0.2) is 42.7 Å². The molecule has 0 saturated carbocycles. The molecule has 0 unspecified atom stereocenters. The molecule has 0 bridgehead atoms. The van der Waals surface area contributed by atoms with Crippen LogP contribution in [0.25, 0.3) is 21.8 Å². The molecule has 0 atom stereocenters. The molecule has 1 aliphatic rings. The first-order valence-electron chi connectivity index (χ1n) is 11.4. The molecule has 0 radical (unpaired) electrons. The monoisotopic (exact) mass is 555 g/mol. The molecule has 1 aliphatic heterocycles. The lowest BCUT2D eigenvalue weighted by molar-refractivity contribution is -0.112. The van der Waals surface area contributed by atoms with Crippen LogP contribution < -0.4 is 15.4 Å². The van der Waals surface area contributed by atoms with Crippen LogP contribution in [0.5, 0.6) is 5.75 Å². The number of allylic oxidation sites excluding steroid dienone is 1. The predicted molar refractivity (Wildman–Crippen MR) is 149 cm³/mol. The van der Waals surface area contributed by atoms with E-state index in [1.807, 2.05) is 38.4 Å². The van der Waals surface area contributed by atoms with E-state index in [9.17, 15) is 13.6 Å². The molecule has 0 fully saturated rings. The van der Waals surface area contributed by atoms with Gasteiger partial charge in [0.2, 0.25) is 0 Å². The van der Waals surface area contributed by atoms with Gasteiger partial charge in [-0.3, -0.25) is 4.79 Å². The lowest BCUT2D eigenvalue weighted by atomic mass is 10.1. The first kappa shape index (κ1) is 27.2. The van der Waals surface area contributed by atoms with Crippen LogP contribution in [0.4, 0.5) is 13.8 Å². The van der Waals surface area contributed by atoms with Crippen LogP contribution in [0.15, 0.2) is 83.8 Å². The molecule has 0 spiro atoms. The molecule has 7 nitrogen and oxygen atoms in total. The van der Waals surface area contributed by atoms with E-state index in [-0.39, 0.29) is 22.6 Å². The number of hydrogen-bond acceptors (Lipinski definition) is 7. The Morgan fingerprint density at radius 1 is 1.26 bits per heavy atom. The Morgan fingerprint density at radius 3 is 2.66 bits per heavy atom. The first-order valence-corrected chi connectivity index (χ1v) is 12.6. The molecule has 4 rings (SSSR count). The van der Waals surface area contributed by atoms with Gasteiger partial charge in [0.25, 0.3) is 5.91 Å². The highest BCUT2D eigenvalue weighted by Crippen LogP contribution is 2.43. The molecule has 0 saturated heterocycles. The maximum atomic E-state index is 13.3. The summed E-state index contributed by atoms with van der Waals surface area (Å²) in [7, 11) is 3.97. The second-order valence-electron chi connectivity index (χ2n) is 8.35. The lowest BCUT2D eigenvalue weighted by Gasteiger charge is -2.13. The average molecular weight is 556 g/mol. The zero-order chi connectivity index (χ0) is 27.2. The number of nitrogens with one attached hydrogen (secondary N) is 2. The highest BCUT2D eigenvalue weighted by atomic mass is 35.5. The van der Waals surface area contributed by atoms with Gasteiger partial charge < -0.3 is 20.3 Å². The number of alkyl halides is 2. The van der Waals surface area contributed by atoms with Crippen molar-refractivity contribution in [2.75, 3.05) is 19.4 Å². The zero-order valence-corrected chi connectivity index (χ0v) is 22.1. The van der Waals surface area contributed by atoms with Crippen LogP contribution in [0.2, 0.25) is 5.02 Å². The minimum absolute atomic E-state index is 0.121. The van der Waals surface area contributed by atoms with E-state index in [0.29, 0.717) is 20.9 Å². The van der Waals surface area contributed by atoms with E-state index in [0.717, 1.165) is 17.7 Å². The van der Waals surface area contributed by atoms with E-state index in [1.165, 1.54) is 35.6 Å². The van der Waals surface area contributed by atoms with Crippen molar-refractivity contribution in [3.8, 4) is 27.6 Å². The number of carbonyl (C=O) groups excluding carboxylic acids is 1. The van der Waals surface area contributed by atoms with E-state index in [2.05, 4.69) is 27.1 Å². The smallest absolute Gasteiger partial charge is 0.387 e. The van der Waals surface area contributed by atoms with Crippen LogP contribution in [0, 0.1) is 0 Å². The minimum atomic E-state index is -3.06. The number of rotatable bonds is 9. The number of aromatic nitrogens is 1. The van der Waals surface area contributed by atoms with Gasteiger partial charge >= 0.3 is 6.61 Å². The quantitative estimate of drug-likeness (QED) is 0.302. The molecular formula is C27H24ClF2N5O2S. The summed E-state index contributed by atoms with van der Waals surface area (Å²) in [5.74, 6) is -0.317. The number of halogens is 3. The van der Waals surface area contributed by atoms with Crippen LogP contribution in [0.1, 0.15) is 5.56 Å². The van der Waals surface area contributed by atoms with Gasteiger partial charge in [0.15, 0.2) is 0 Å². The molecular weight excluding hydrogens is 532 g/mol. The Hall–Kier alpha value is -3.86. The second-order valence-corrected chi connectivity index (χ2v) is 9.79. The predicted octanol–water partition coefficient (Wildman–Crippen LogP) is 6.32. The number of thiazole rings is 1. The molecule has 1 aromatic heterocycles. The van der Waals surface area contributed by atoms with Crippen molar-refractivity contribution in [3.05, 3.63) is 89.4 Å². The Morgan fingerprint density at radius 2 is 2.03 bits per heavy atom. The fourth-order valence-corrected chi connectivity index (χ4v) is 4.81. The number of benzene rings is 2. The van der Waals surface area contributed by atoms with Gasteiger partial charge in [0.1, 0.15) is 27.3 Å². The van der Waals surface area contributed by atoms with Gasteiger partial charge in [-0.05, 0) is 43.9 Å². The summed E-state index contributed by atoms with van der Waals surface area (Å²) in [6.45, 7) is 1.44. The van der Waals surface area contributed by atoms with Crippen molar-refractivity contribution in [2.45, 2.75) is 13.2 Å². The van der Waals surface area contributed by atoms with Gasteiger partial charge in [-0.2, -0.15) is 8.78 Å². The molecule has 2 heterocycles. The maximum Gasteiger partial charge on any atom is 0.387 e. The Balaban J connectivity index is 1.79. The SMILES string of the molecule is C=C/C(C(=O)Nc1sc(-c2ccc(CN(C)C)cc2)nc1-c1cc(Cl)ccc1OC(F)F)=C1/N=CC=CN1. The van der Waals surface area contributed by atoms with E-state index < -0.39 is 12.5 Å². The zero-order valence-electron chi connectivity index (χ0n) is 20.5. The topological polar surface area (TPSA) is 78.9 Å². The normalized spacial score (nSPS) is 14.0. The molecule has 11 heteroatoms. The molecule has 38 heavy (non-hydrogen) atoms. The van der Waals surface area contributed by atoms with Gasteiger partial charge in [-0.15, -0.1) is 0 Å². The molecule has 2 N–H and O–H groups in total. The summed E-state index contributed by atoms with van der Waals surface area (Å²) in [6, 6.07) is 12.1. The Labute approximate surface area is 227 Å². The fourth-order valence-electron chi connectivity index (χ4n) is 3.65. The van der Waals surface area contributed by atoms with Gasteiger partial charge in [-0.1, -0.05) is 59.9 Å². The molecule has 196 valence electrons. The molecule has 0 aliphatic carbocycles. The Kier molecular flexibility index (Phi) is 8.67. The third-order valence-corrected chi connectivity index (χ3v) is 6.53. The third-order valence-electron chi connectivity index (χ3n) is 5.28. The van der Waals surface area contributed by atoms with Crippen molar-refractivity contribution < 1.29 is 18.3 Å². The van der Waals surface area contributed by atoms with Gasteiger partial charge in [-0.25, -0.2) is 9.98 Å². The maximum absolute atomic E-state index is 13.3. The number of carbonyl (C=O) groups is 1. The van der Waals surface area contributed by atoms with Crippen molar-refractivity contribution >= 4 is 40.1 Å². The third kappa shape index (κ3) is 6.52. The van der Waals surface area contributed by atoms with Crippen molar-refractivity contribution in [2.24, 2.45) is 4.99 Å². The van der Waals surface area contributed by atoms with Gasteiger partial charge in [0, 0.05) is 35.1 Å². The van der Waals surface area contributed by atoms with Crippen molar-refractivity contribution in [3.63, 3.8) is 0 Å². The van der Waals surface area contributed by atoms with Crippen LogP contribution in [-0.2, 0) is 11.3 Å². The summed E-state index contributed by atoms with van der Waals surface area (Å²) in [5.41, 5.74) is 2.55. The van der Waals surface area contributed by atoms with Crippen molar-refractivity contribution in [1.82, 2.24) is 15.2 Å². The molecule has 1 amide bonds. The van der Waals surface area contributed by atoms with Crippen LogP contribution >= 0.6 is 22.9 Å². The van der Waals surface area contributed by atoms with Crippen molar-refractivity contribution in [1.29, 1.82) is 0 Å². The number of amides is 1. The van der Waals surface area contributed by atoms with Gasteiger partial charge in [0.05, 0.1) is 5.57 Å².